The summed E-state index contributed by atoms with van der Waals surface area (Å²) < 4.78 is 0. The summed E-state index contributed by atoms with van der Waals surface area (Å²) in [7, 11) is 0. The van der Waals surface area contributed by atoms with E-state index in [9.17, 15) is 14.4 Å². The first-order valence-corrected chi connectivity index (χ1v) is 11.7. The van der Waals surface area contributed by atoms with E-state index in [0.29, 0.717) is 23.9 Å². The molecule has 2 saturated heterocycles. The van der Waals surface area contributed by atoms with Crippen molar-refractivity contribution in [3.8, 4) is 0 Å². The molecular weight excluding hydrogens is 392 g/mol. The molecule has 31 heavy (non-hydrogen) atoms. The van der Waals surface area contributed by atoms with Crippen molar-refractivity contribution in [2.75, 3.05) is 19.6 Å². The Hall–Kier alpha value is -2.25. The molecule has 4 aliphatic rings. The van der Waals surface area contributed by atoms with E-state index in [2.05, 4.69) is 22.0 Å². The zero-order chi connectivity index (χ0) is 21.4. The molecule has 0 radical (unpaired) electrons. The predicted molar refractivity (Wildman–Crippen MR) is 116 cm³/mol. The second kappa shape index (κ2) is 8.36. The van der Waals surface area contributed by atoms with Crippen LogP contribution >= 0.6 is 0 Å². The van der Waals surface area contributed by atoms with Crippen LogP contribution in [0.15, 0.2) is 18.2 Å². The SMILES string of the molecule is O=C1CCC(N2Cc3ccc(CNCC4CCC5(CCNC5)CC4)cc3C2=O)C(=O)N1. The highest BCUT2D eigenvalue weighted by Gasteiger charge is 2.39. The normalized spacial score (nSPS) is 30.7. The zero-order valence-corrected chi connectivity index (χ0v) is 18.0. The van der Waals surface area contributed by atoms with Gasteiger partial charge in [0.15, 0.2) is 0 Å². The molecule has 1 aromatic rings. The van der Waals surface area contributed by atoms with Gasteiger partial charge < -0.3 is 15.5 Å². The van der Waals surface area contributed by atoms with Crippen molar-refractivity contribution in [1.82, 2.24) is 20.9 Å². The quantitative estimate of drug-likeness (QED) is 0.626. The van der Waals surface area contributed by atoms with Crippen LogP contribution in [-0.4, -0.2) is 48.3 Å². The van der Waals surface area contributed by atoms with Gasteiger partial charge in [-0.15, -0.1) is 0 Å². The molecule has 7 nitrogen and oxygen atoms in total. The summed E-state index contributed by atoms with van der Waals surface area (Å²) in [6.07, 6.45) is 7.32. The standard InChI is InChI=1S/C24H32N4O3/c29-21-4-3-20(22(30)27-21)28-14-18-2-1-17(11-19(18)23(28)31)13-26-12-16-5-7-24(8-6-16)9-10-25-15-24/h1-2,11,16,20,25-26H,3-10,12-15H2,(H,27,29,30). The van der Waals surface area contributed by atoms with E-state index in [4.69, 9.17) is 0 Å². The summed E-state index contributed by atoms with van der Waals surface area (Å²) in [6, 6.07) is 5.50. The first kappa shape index (κ1) is 20.6. The maximum absolute atomic E-state index is 13.0. The first-order chi connectivity index (χ1) is 15.0. The van der Waals surface area contributed by atoms with Gasteiger partial charge in [0.05, 0.1) is 0 Å². The van der Waals surface area contributed by atoms with Gasteiger partial charge in [0.1, 0.15) is 6.04 Å². The van der Waals surface area contributed by atoms with Crippen LogP contribution in [0.1, 0.15) is 66.4 Å². The zero-order valence-electron chi connectivity index (χ0n) is 18.0. The lowest BCUT2D eigenvalue weighted by molar-refractivity contribution is -0.136. The smallest absolute Gasteiger partial charge is 0.255 e. The second-order valence-corrected chi connectivity index (χ2v) is 9.89. The van der Waals surface area contributed by atoms with Gasteiger partial charge in [-0.25, -0.2) is 0 Å². The number of amides is 3. The highest BCUT2D eigenvalue weighted by atomic mass is 16.2. The van der Waals surface area contributed by atoms with E-state index in [1.807, 2.05) is 12.1 Å². The third-order valence-corrected chi connectivity index (χ3v) is 7.85. The van der Waals surface area contributed by atoms with Crippen molar-refractivity contribution in [3.63, 3.8) is 0 Å². The Balaban J connectivity index is 1.14. The lowest BCUT2D eigenvalue weighted by Crippen LogP contribution is -2.52. The number of benzene rings is 1. The molecule has 3 fully saturated rings. The number of nitrogens with zero attached hydrogens (tertiary/aromatic N) is 1. The molecule has 7 heteroatoms. The maximum Gasteiger partial charge on any atom is 0.255 e. The predicted octanol–water partition coefficient (Wildman–Crippen LogP) is 1.71. The van der Waals surface area contributed by atoms with Crippen molar-refractivity contribution in [1.29, 1.82) is 0 Å². The summed E-state index contributed by atoms with van der Waals surface area (Å²) in [4.78, 5) is 38.2. The highest BCUT2D eigenvalue weighted by Crippen LogP contribution is 2.42. The van der Waals surface area contributed by atoms with Crippen LogP contribution in [0.4, 0.5) is 0 Å². The van der Waals surface area contributed by atoms with Gasteiger partial charge in [-0.05, 0) is 80.1 Å². The van der Waals surface area contributed by atoms with Crippen LogP contribution in [0.25, 0.3) is 0 Å². The van der Waals surface area contributed by atoms with Crippen LogP contribution < -0.4 is 16.0 Å². The van der Waals surface area contributed by atoms with E-state index >= 15 is 0 Å². The molecule has 1 aromatic carbocycles. The lowest BCUT2D eigenvalue weighted by atomic mass is 9.70. The Bertz CT molecular complexity index is 883. The van der Waals surface area contributed by atoms with Crippen LogP contribution in [0.5, 0.6) is 0 Å². The second-order valence-electron chi connectivity index (χ2n) is 9.89. The van der Waals surface area contributed by atoms with Gasteiger partial charge in [-0.2, -0.15) is 0 Å². The fourth-order valence-electron chi connectivity index (χ4n) is 5.85. The fraction of sp³-hybridized carbons (Fsp3) is 0.625. The van der Waals surface area contributed by atoms with Crippen molar-refractivity contribution < 1.29 is 14.4 Å². The highest BCUT2D eigenvalue weighted by molar-refractivity contribution is 6.05. The molecule has 1 atom stereocenters. The van der Waals surface area contributed by atoms with Gasteiger partial charge >= 0.3 is 0 Å². The van der Waals surface area contributed by atoms with Gasteiger partial charge in [0.25, 0.3) is 5.91 Å². The number of hydrogen-bond donors (Lipinski definition) is 3. The molecule has 0 bridgehead atoms. The summed E-state index contributed by atoms with van der Waals surface area (Å²) in [5.74, 6) is 0.0214. The monoisotopic (exact) mass is 424 g/mol. The van der Waals surface area contributed by atoms with E-state index < -0.39 is 6.04 Å². The van der Waals surface area contributed by atoms with Crippen LogP contribution in [0.2, 0.25) is 0 Å². The topological polar surface area (TPSA) is 90.5 Å². The molecule has 1 aliphatic carbocycles. The van der Waals surface area contributed by atoms with Crippen LogP contribution in [0, 0.1) is 11.3 Å². The summed E-state index contributed by atoms with van der Waals surface area (Å²) in [6.45, 7) is 4.60. The first-order valence-electron chi connectivity index (χ1n) is 11.7. The molecule has 1 unspecified atom stereocenters. The van der Waals surface area contributed by atoms with Crippen molar-refractivity contribution >= 4 is 17.7 Å². The molecule has 3 aliphatic heterocycles. The van der Waals surface area contributed by atoms with Crippen LogP contribution in [0.3, 0.4) is 0 Å². The molecule has 3 heterocycles. The minimum Gasteiger partial charge on any atom is -0.322 e. The van der Waals surface area contributed by atoms with Crippen molar-refractivity contribution in [2.24, 2.45) is 11.3 Å². The van der Waals surface area contributed by atoms with Gasteiger partial charge in [0.2, 0.25) is 11.8 Å². The molecule has 3 amide bonds. The Morgan fingerprint density at radius 1 is 1.10 bits per heavy atom. The van der Waals surface area contributed by atoms with E-state index in [-0.39, 0.29) is 24.1 Å². The number of carbonyl (C=O) groups excluding carboxylic acids is 3. The van der Waals surface area contributed by atoms with Crippen LogP contribution in [-0.2, 0) is 22.7 Å². The molecule has 0 aromatic heterocycles. The Morgan fingerprint density at radius 2 is 1.94 bits per heavy atom. The molecule has 1 saturated carbocycles. The third-order valence-electron chi connectivity index (χ3n) is 7.85. The Labute approximate surface area is 183 Å². The minimum absolute atomic E-state index is 0.103. The Kier molecular flexibility index (Phi) is 5.56. The number of nitrogens with one attached hydrogen (secondary N) is 3. The van der Waals surface area contributed by atoms with Gasteiger partial charge in [0, 0.05) is 31.6 Å². The van der Waals surface area contributed by atoms with Crippen molar-refractivity contribution in [3.05, 3.63) is 34.9 Å². The van der Waals surface area contributed by atoms with E-state index in [0.717, 1.165) is 30.1 Å². The molecule has 166 valence electrons. The number of imide groups is 1. The fourth-order valence-corrected chi connectivity index (χ4v) is 5.85. The van der Waals surface area contributed by atoms with Gasteiger partial charge in [-0.1, -0.05) is 12.1 Å². The molecular formula is C24H32N4O3. The molecule has 3 N–H and O–H groups in total. The van der Waals surface area contributed by atoms with Gasteiger partial charge in [-0.3, -0.25) is 19.7 Å². The average molecular weight is 425 g/mol. The number of hydrogen-bond acceptors (Lipinski definition) is 5. The van der Waals surface area contributed by atoms with E-state index in [1.54, 1.807) is 4.90 Å². The number of piperidine rings is 1. The molecule has 1 spiro atoms. The summed E-state index contributed by atoms with van der Waals surface area (Å²) >= 11 is 0. The lowest BCUT2D eigenvalue weighted by Gasteiger charge is -2.36. The van der Waals surface area contributed by atoms with E-state index in [1.165, 1.54) is 45.2 Å². The number of rotatable bonds is 5. The maximum atomic E-state index is 13.0. The average Bonchev–Trinajstić information content (AvgIpc) is 3.35. The third kappa shape index (κ3) is 4.13. The summed E-state index contributed by atoms with van der Waals surface area (Å²) in [5, 5.41) is 9.49. The number of carbonyl (C=O) groups is 3. The largest absolute Gasteiger partial charge is 0.322 e. The molecule has 5 rings (SSSR count). The minimum atomic E-state index is -0.552. The number of fused-ring (bicyclic) bond motifs is 1. The van der Waals surface area contributed by atoms with Crippen molar-refractivity contribution in [2.45, 2.75) is 64.1 Å². The summed E-state index contributed by atoms with van der Waals surface area (Å²) in [5.41, 5.74) is 3.33. The Morgan fingerprint density at radius 3 is 2.68 bits per heavy atom.